The number of rotatable bonds is 7. The van der Waals surface area contributed by atoms with Crippen LogP contribution >= 0.6 is 23.1 Å². The lowest BCUT2D eigenvalue weighted by Gasteiger charge is -2.02. The second-order valence-electron chi connectivity index (χ2n) is 3.21. The third-order valence-electron chi connectivity index (χ3n) is 1.83. The number of carbonyl (C=O) groups is 2. The normalized spacial score (nSPS) is 13.1. The molecule has 19 heavy (non-hydrogen) atoms. The molecule has 0 fully saturated rings. The average Bonchev–Trinajstić information content (AvgIpc) is 2.80. The molecule has 8 nitrogen and oxygen atoms in total. The molecule has 1 aromatic rings. The van der Waals surface area contributed by atoms with Gasteiger partial charge in [-0.1, -0.05) is 16.9 Å². The number of nitrogens with two attached hydrogens (primary N) is 1. The van der Waals surface area contributed by atoms with E-state index < -0.39 is 17.9 Å². The van der Waals surface area contributed by atoms with Crippen LogP contribution in [-0.2, 0) is 14.4 Å². The van der Waals surface area contributed by atoms with Gasteiger partial charge in [0.05, 0.1) is 0 Å². The molecule has 0 spiro atoms. The second-order valence-corrected chi connectivity index (χ2v) is 5.33. The number of amides is 1. The van der Waals surface area contributed by atoms with Crippen LogP contribution in [0, 0.1) is 0 Å². The molecule has 1 rings (SSSR count). The van der Waals surface area contributed by atoms with E-state index in [0.29, 0.717) is 4.34 Å². The van der Waals surface area contributed by atoms with Crippen molar-refractivity contribution in [1.82, 2.24) is 10.7 Å². The predicted octanol–water partition coefficient (Wildman–Crippen LogP) is -0.193. The first-order valence-corrected chi connectivity index (χ1v) is 6.76. The van der Waals surface area contributed by atoms with Crippen molar-refractivity contribution in [2.75, 3.05) is 12.9 Å². The van der Waals surface area contributed by atoms with Gasteiger partial charge in [-0.3, -0.25) is 15.3 Å². The van der Waals surface area contributed by atoms with E-state index in [1.54, 1.807) is 5.38 Å². The number of carboxylic acid groups (broad SMARTS) is 1. The molecule has 0 saturated heterocycles. The van der Waals surface area contributed by atoms with Crippen molar-refractivity contribution in [2.24, 2.45) is 10.9 Å². The van der Waals surface area contributed by atoms with Gasteiger partial charge >= 0.3 is 5.97 Å². The molecule has 0 aliphatic rings. The molecule has 1 amide bonds. The topological polar surface area (TPSA) is 139 Å². The SMILES string of the molecule is CON=C(C([NH])=O)c1csc(SCC(N)C(=O)O)n1. The fourth-order valence-corrected chi connectivity index (χ4v) is 2.74. The van der Waals surface area contributed by atoms with Gasteiger partial charge in [-0.25, -0.2) is 4.98 Å². The number of carbonyl (C=O) groups excluding carboxylic acids is 1. The van der Waals surface area contributed by atoms with Gasteiger partial charge in [-0.05, 0) is 0 Å². The highest BCUT2D eigenvalue weighted by Gasteiger charge is 2.18. The number of nitrogens with zero attached hydrogens (tertiary/aromatic N) is 2. The number of aliphatic carboxylic acids is 1. The van der Waals surface area contributed by atoms with Crippen molar-refractivity contribution >= 4 is 40.7 Å². The quantitative estimate of drug-likeness (QED) is 0.404. The van der Waals surface area contributed by atoms with Crippen molar-refractivity contribution < 1.29 is 19.5 Å². The number of hydrogen-bond donors (Lipinski definition) is 2. The first kappa shape index (κ1) is 15.4. The van der Waals surface area contributed by atoms with Gasteiger partial charge < -0.3 is 15.7 Å². The van der Waals surface area contributed by atoms with E-state index in [9.17, 15) is 9.59 Å². The maximum Gasteiger partial charge on any atom is 0.321 e. The fourth-order valence-electron chi connectivity index (χ4n) is 0.961. The molecular formula is C9H11N4O4S2. The largest absolute Gasteiger partial charge is 0.480 e. The third-order valence-corrected chi connectivity index (χ3v) is 3.97. The average molecular weight is 303 g/mol. The molecule has 0 aromatic carbocycles. The minimum Gasteiger partial charge on any atom is -0.480 e. The molecule has 1 unspecified atom stereocenters. The van der Waals surface area contributed by atoms with E-state index in [4.69, 9.17) is 16.6 Å². The number of aromatic nitrogens is 1. The smallest absolute Gasteiger partial charge is 0.321 e. The van der Waals surface area contributed by atoms with E-state index in [-0.39, 0.29) is 17.2 Å². The predicted molar refractivity (Wildman–Crippen MR) is 70.1 cm³/mol. The number of thiazole rings is 1. The lowest BCUT2D eigenvalue weighted by atomic mass is 10.3. The van der Waals surface area contributed by atoms with Crippen molar-refractivity contribution in [1.29, 1.82) is 0 Å². The third kappa shape index (κ3) is 4.50. The van der Waals surface area contributed by atoms with Crippen LogP contribution in [0.25, 0.3) is 0 Å². The summed E-state index contributed by atoms with van der Waals surface area (Å²) in [6.07, 6.45) is 0. The number of nitrogens with one attached hydrogen (secondary N) is 1. The van der Waals surface area contributed by atoms with Crippen LogP contribution in [0.5, 0.6) is 0 Å². The number of thioether (sulfide) groups is 1. The van der Waals surface area contributed by atoms with Gasteiger partial charge in [-0.2, -0.15) is 0 Å². The Balaban J connectivity index is 2.74. The summed E-state index contributed by atoms with van der Waals surface area (Å²) < 4.78 is 0.539. The van der Waals surface area contributed by atoms with Crippen LogP contribution in [0.1, 0.15) is 5.69 Å². The lowest BCUT2D eigenvalue weighted by molar-refractivity contribution is -0.137. The molecule has 1 radical (unpaired) electrons. The second kappa shape index (κ2) is 7.07. The standard InChI is InChI=1S/C9H11N4O4S2/c1-17-13-6(7(11)14)5-3-19-9(12-5)18-2-4(10)8(15)16/h3-4,11H,2,10H2,1H3,(H,15,16). The van der Waals surface area contributed by atoms with Gasteiger partial charge in [0.25, 0.3) is 5.91 Å². The maximum absolute atomic E-state index is 11.0. The first-order chi connectivity index (χ1) is 8.95. The van der Waals surface area contributed by atoms with E-state index in [2.05, 4.69) is 15.0 Å². The van der Waals surface area contributed by atoms with E-state index >= 15 is 0 Å². The first-order valence-electron chi connectivity index (χ1n) is 4.90. The monoisotopic (exact) mass is 303 g/mol. The Bertz CT molecular complexity index is 502. The van der Waals surface area contributed by atoms with E-state index in [0.717, 1.165) is 11.8 Å². The molecule has 0 bridgehead atoms. The summed E-state index contributed by atoms with van der Waals surface area (Å²) in [5.74, 6) is -1.94. The minimum atomic E-state index is -1.09. The zero-order valence-corrected chi connectivity index (χ0v) is 11.5. The highest BCUT2D eigenvalue weighted by molar-refractivity contribution is 8.01. The Kier molecular flexibility index (Phi) is 5.73. The number of carboxylic acids is 1. The van der Waals surface area contributed by atoms with Crippen LogP contribution in [0.15, 0.2) is 14.9 Å². The number of hydrogen-bond acceptors (Lipinski definition) is 8. The summed E-state index contributed by atoms with van der Waals surface area (Å²) in [4.78, 5) is 30.1. The molecule has 1 heterocycles. The Morgan fingerprint density at radius 3 is 2.95 bits per heavy atom. The molecule has 4 N–H and O–H groups in total. The molecule has 0 aliphatic heterocycles. The zero-order valence-electron chi connectivity index (χ0n) is 9.82. The van der Waals surface area contributed by atoms with Crippen LogP contribution in [0.3, 0.4) is 0 Å². The van der Waals surface area contributed by atoms with Gasteiger partial charge in [-0.15, -0.1) is 11.3 Å². The molecule has 1 aromatic heterocycles. The molecule has 103 valence electrons. The molecule has 10 heteroatoms. The summed E-state index contributed by atoms with van der Waals surface area (Å²) in [7, 11) is 1.26. The van der Waals surface area contributed by atoms with Crippen LogP contribution in [0.4, 0.5) is 0 Å². The maximum atomic E-state index is 11.0. The van der Waals surface area contributed by atoms with E-state index in [1.165, 1.54) is 18.4 Å². The van der Waals surface area contributed by atoms with Gasteiger partial charge in [0.15, 0.2) is 10.1 Å². The summed E-state index contributed by atoms with van der Waals surface area (Å²) >= 11 is 2.36. The highest BCUT2D eigenvalue weighted by atomic mass is 32.2. The summed E-state index contributed by atoms with van der Waals surface area (Å²) in [6, 6.07) is -0.984. The van der Waals surface area contributed by atoms with Gasteiger partial charge in [0.2, 0.25) is 0 Å². The Hall–Kier alpha value is -1.65. The van der Waals surface area contributed by atoms with Crippen molar-refractivity contribution in [3.63, 3.8) is 0 Å². The molecule has 1 atom stereocenters. The van der Waals surface area contributed by atoms with E-state index in [1.807, 2.05) is 0 Å². The van der Waals surface area contributed by atoms with Crippen molar-refractivity contribution in [3.8, 4) is 0 Å². The molecule has 0 saturated carbocycles. The Labute approximate surface area is 116 Å². The minimum absolute atomic E-state index is 0.161. The lowest BCUT2D eigenvalue weighted by Crippen LogP contribution is -2.32. The molecule has 0 aliphatic carbocycles. The fraction of sp³-hybridized carbons (Fsp3) is 0.333. The van der Waals surface area contributed by atoms with Crippen molar-refractivity contribution in [2.45, 2.75) is 10.4 Å². The Morgan fingerprint density at radius 2 is 2.42 bits per heavy atom. The van der Waals surface area contributed by atoms with Crippen LogP contribution in [-0.4, -0.2) is 46.6 Å². The Morgan fingerprint density at radius 1 is 1.74 bits per heavy atom. The highest BCUT2D eigenvalue weighted by Crippen LogP contribution is 2.23. The van der Waals surface area contributed by atoms with Crippen LogP contribution < -0.4 is 11.5 Å². The summed E-state index contributed by atoms with van der Waals surface area (Å²) in [5.41, 5.74) is 12.4. The van der Waals surface area contributed by atoms with Crippen molar-refractivity contribution in [3.05, 3.63) is 11.1 Å². The van der Waals surface area contributed by atoms with Crippen LogP contribution in [0.2, 0.25) is 0 Å². The molecular weight excluding hydrogens is 292 g/mol. The zero-order chi connectivity index (χ0) is 14.4. The summed E-state index contributed by atoms with van der Waals surface area (Å²) in [5, 5.41) is 13.6. The van der Waals surface area contributed by atoms with Gasteiger partial charge in [0, 0.05) is 11.1 Å². The number of oxime groups is 1. The van der Waals surface area contributed by atoms with Gasteiger partial charge in [0.1, 0.15) is 18.8 Å². The summed E-state index contributed by atoms with van der Waals surface area (Å²) in [6.45, 7) is 0.